The van der Waals surface area contributed by atoms with Gasteiger partial charge in [0.25, 0.3) is 5.91 Å². The molecule has 9 heteroatoms. The Morgan fingerprint density at radius 3 is 2.78 bits per heavy atom. The van der Waals surface area contributed by atoms with E-state index < -0.39 is 9.84 Å². The summed E-state index contributed by atoms with van der Waals surface area (Å²) in [6.45, 7) is 4.78. The van der Waals surface area contributed by atoms with Crippen LogP contribution in [0.15, 0.2) is 23.2 Å². The lowest BCUT2D eigenvalue weighted by atomic mass is 10.1. The Morgan fingerprint density at radius 1 is 1.30 bits per heavy atom. The van der Waals surface area contributed by atoms with Crippen LogP contribution in [-0.2, 0) is 14.6 Å². The van der Waals surface area contributed by atoms with Gasteiger partial charge in [0, 0.05) is 22.9 Å². The summed E-state index contributed by atoms with van der Waals surface area (Å²) in [5.74, 6) is 1.13. The van der Waals surface area contributed by atoms with E-state index in [9.17, 15) is 13.2 Å². The van der Waals surface area contributed by atoms with Gasteiger partial charge in [-0.2, -0.15) is 4.99 Å². The molecule has 3 aliphatic rings. The van der Waals surface area contributed by atoms with Crippen LogP contribution in [0.2, 0.25) is 0 Å². The van der Waals surface area contributed by atoms with Gasteiger partial charge in [-0.15, -0.1) is 0 Å². The Bertz CT molecular complexity index is 899. The van der Waals surface area contributed by atoms with Crippen molar-refractivity contribution in [1.82, 2.24) is 0 Å². The molecule has 0 N–H and O–H groups in total. The normalized spacial score (nSPS) is 28.2. The number of fused-ring (bicyclic) bond motifs is 2. The molecular formula is C18H22N2O5S2. The molecule has 0 aromatic heterocycles. The van der Waals surface area contributed by atoms with E-state index in [1.165, 1.54) is 11.8 Å². The fourth-order valence-corrected chi connectivity index (χ4v) is 7.35. The Morgan fingerprint density at radius 2 is 2.04 bits per heavy atom. The Kier molecular flexibility index (Phi) is 4.84. The Hall–Kier alpha value is -1.74. The molecule has 1 aromatic carbocycles. The maximum absolute atomic E-state index is 12.4. The molecule has 1 aromatic rings. The third-order valence-electron chi connectivity index (χ3n) is 5.11. The van der Waals surface area contributed by atoms with Gasteiger partial charge in [-0.25, -0.2) is 8.42 Å². The predicted octanol–water partition coefficient (Wildman–Crippen LogP) is 2.11. The largest absolute Gasteiger partial charge is 0.486 e. The number of aliphatic imine (C=N–C) groups is 1. The number of carbonyl (C=O) groups excluding carboxylic acids is 1. The first-order valence-corrected chi connectivity index (χ1v) is 11.8. The first-order valence-electron chi connectivity index (χ1n) is 9.06. The molecule has 0 saturated carbocycles. The lowest BCUT2D eigenvalue weighted by Gasteiger charge is -2.26. The average molecular weight is 411 g/mol. The summed E-state index contributed by atoms with van der Waals surface area (Å²) in [5.41, 5.74) is 0.770. The van der Waals surface area contributed by atoms with Crippen molar-refractivity contribution in [3.8, 4) is 11.5 Å². The molecule has 27 heavy (non-hydrogen) atoms. The van der Waals surface area contributed by atoms with Crippen LogP contribution in [0, 0.1) is 5.92 Å². The highest BCUT2D eigenvalue weighted by atomic mass is 32.2. The van der Waals surface area contributed by atoms with E-state index in [0.717, 1.165) is 5.69 Å². The highest BCUT2D eigenvalue weighted by Gasteiger charge is 2.49. The first-order chi connectivity index (χ1) is 12.9. The van der Waals surface area contributed by atoms with Crippen LogP contribution < -0.4 is 14.4 Å². The summed E-state index contributed by atoms with van der Waals surface area (Å²) in [7, 11) is -3.10. The van der Waals surface area contributed by atoms with Crippen molar-refractivity contribution in [2.24, 2.45) is 10.9 Å². The minimum absolute atomic E-state index is 0.0651. The van der Waals surface area contributed by atoms with Gasteiger partial charge in [-0.3, -0.25) is 4.79 Å². The zero-order chi connectivity index (χ0) is 19.2. The van der Waals surface area contributed by atoms with Crippen molar-refractivity contribution in [3.05, 3.63) is 18.2 Å². The van der Waals surface area contributed by atoms with Gasteiger partial charge in [0.1, 0.15) is 13.2 Å². The van der Waals surface area contributed by atoms with E-state index in [4.69, 9.17) is 9.47 Å². The second-order valence-corrected chi connectivity index (χ2v) is 10.4. The number of thioether (sulfide) groups is 1. The predicted molar refractivity (Wildman–Crippen MR) is 106 cm³/mol. The van der Waals surface area contributed by atoms with E-state index in [0.29, 0.717) is 36.3 Å². The van der Waals surface area contributed by atoms with Crippen molar-refractivity contribution in [3.63, 3.8) is 0 Å². The summed E-state index contributed by atoms with van der Waals surface area (Å²) >= 11 is 1.38. The third-order valence-corrected chi connectivity index (χ3v) is 8.32. The maximum atomic E-state index is 12.4. The van der Waals surface area contributed by atoms with Crippen molar-refractivity contribution < 1.29 is 22.7 Å². The Labute approximate surface area is 163 Å². The number of amidine groups is 1. The first kappa shape index (κ1) is 18.6. The van der Waals surface area contributed by atoms with Crippen LogP contribution in [0.25, 0.3) is 0 Å². The molecule has 1 amide bonds. The molecule has 7 nitrogen and oxygen atoms in total. The van der Waals surface area contributed by atoms with Crippen LogP contribution in [0.5, 0.6) is 11.5 Å². The zero-order valence-electron chi connectivity index (χ0n) is 15.3. The lowest BCUT2D eigenvalue weighted by molar-refractivity contribution is -0.121. The van der Waals surface area contributed by atoms with E-state index in [2.05, 4.69) is 4.99 Å². The van der Waals surface area contributed by atoms with Crippen LogP contribution in [0.4, 0.5) is 5.69 Å². The molecular weight excluding hydrogens is 388 g/mol. The van der Waals surface area contributed by atoms with E-state index >= 15 is 0 Å². The van der Waals surface area contributed by atoms with Gasteiger partial charge in [0.15, 0.2) is 26.5 Å². The molecule has 0 spiro atoms. The van der Waals surface area contributed by atoms with Crippen molar-refractivity contribution in [1.29, 1.82) is 0 Å². The summed E-state index contributed by atoms with van der Waals surface area (Å²) in [4.78, 5) is 18.6. The standard InChI is InChI=1S/C18H22N2O5S2/c1-3-11(2)17(21)19-18-20(13-9-27(22,23)10-16(13)26-18)12-4-5-14-15(8-12)25-7-6-24-14/h4-5,8,11,13,16H,3,6-7,9-10H2,1-2H3/t11-,13+,16-/m0/s1. The smallest absolute Gasteiger partial charge is 0.250 e. The number of anilines is 1. The van der Waals surface area contributed by atoms with Gasteiger partial charge in [0.05, 0.1) is 17.5 Å². The molecule has 146 valence electrons. The maximum Gasteiger partial charge on any atom is 0.250 e. The summed E-state index contributed by atoms with van der Waals surface area (Å²) in [6, 6.07) is 5.29. The molecule has 0 unspecified atom stereocenters. The Balaban J connectivity index is 1.72. The van der Waals surface area contributed by atoms with E-state index in [-0.39, 0.29) is 34.6 Å². The minimum Gasteiger partial charge on any atom is -0.486 e. The summed E-state index contributed by atoms with van der Waals surface area (Å²) in [5, 5.41) is 0.452. The van der Waals surface area contributed by atoms with Gasteiger partial charge in [-0.1, -0.05) is 25.6 Å². The molecule has 0 radical (unpaired) electrons. The lowest BCUT2D eigenvalue weighted by Crippen LogP contribution is -2.38. The van der Waals surface area contributed by atoms with Crippen LogP contribution in [-0.4, -0.2) is 55.5 Å². The zero-order valence-corrected chi connectivity index (χ0v) is 16.9. The monoisotopic (exact) mass is 410 g/mol. The number of rotatable bonds is 3. The second kappa shape index (κ2) is 7.01. The van der Waals surface area contributed by atoms with E-state index in [1.807, 2.05) is 36.9 Å². The van der Waals surface area contributed by atoms with Gasteiger partial charge in [-0.05, 0) is 18.6 Å². The number of sulfone groups is 1. The van der Waals surface area contributed by atoms with Crippen LogP contribution in [0.1, 0.15) is 20.3 Å². The number of carbonyl (C=O) groups is 1. The molecule has 0 aliphatic carbocycles. The molecule has 3 aliphatic heterocycles. The topological polar surface area (TPSA) is 85.3 Å². The quantitative estimate of drug-likeness (QED) is 0.754. The van der Waals surface area contributed by atoms with Gasteiger partial charge < -0.3 is 14.4 Å². The SMILES string of the molecule is CC[C@H](C)C(=O)N=C1S[C@H]2CS(=O)(=O)C[C@H]2N1c1ccc2c(c1)OCCO2. The highest BCUT2D eigenvalue weighted by Crippen LogP contribution is 2.43. The number of hydrogen-bond acceptors (Lipinski definition) is 6. The molecule has 3 heterocycles. The summed E-state index contributed by atoms with van der Waals surface area (Å²) < 4.78 is 35.5. The summed E-state index contributed by atoms with van der Waals surface area (Å²) in [6.07, 6.45) is 0.714. The molecule has 3 atom stereocenters. The van der Waals surface area contributed by atoms with Crippen molar-refractivity contribution in [2.75, 3.05) is 29.6 Å². The molecule has 0 bridgehead atoms. The van der Waals surface area contributed by atoms with Gasteiger partial charge >= 0.3 is 0 Å². The van der Waals surface area contributed by atoms with Crippen LogP contribution in [0.3, 0.4) is 0 Å². The molecule has 2 fully saturated rings. The minimum atomic E-state index is -3.10. The number of ether oxygens (including phenoxy) is 2. The molecule has 4 rings (SSSR count). The van der Waals surface area contributed by atoms with Crippen molar-refractivity contribution >= 4 is 38.4 Å². The molecule has 2 saturated heterocycles. The average Bonchev–Trinajstić information content (AvgIpc) is 3.11. The fraction of sp³-hybridized carbons (Fsp3) is 0.556. The number of nitrogens with zero attached hydrogens (tertiary/aromatic N) is 2. The fourth-order valence-electron chi connectivity index (χ4n) is 3.43. The second-order valence-electron chi connectivity index (χ2n) is 7.04. The van der Waals surface area contributed by atoms with Gasteiger partial charge in [0.2, 0.25) is 0 Å². The van der Waals surface area contributed by atoms with Crippen molar-refractivity contribution in [2.45, 2.75) is 31.6 Å². The van der Waals surface area contributed by atoms with Crippen LogP contribution >= 0.6 is 11.8 Å². The highest BCUT2D eigenvalue weighted by molar-refractivity contribution is 8.16. The number of hydrogen-bond donors (Lipinski definition) is 0. The number of amides is 1. The third kappa shape index (κ3) is 3.54. The number of benzene rings is 1. The van der Waals surface area contributed by atoms with E-state index in [1.54, 1.807) is 0 Å².